The van der Waals surface area contributed by atoms with Crippen LogP contribution in [-0.4, -0.2) is 54.8 Å². The van der Waals surface area contributed by atoms with Crippen LogP contribution in [0.25, 0.3) is 0 Å². The first-order chi connectivity index (χ1) is 20.7. The molecule has 232 valence electrons. The quantitative estimate of drug-likeness (QED) is 0.284. The molecule has 1 amide bonds. The zero-order valence-electron chi connectivity index (χ0n) is 25.6. The molecule has 6 nitrogen and oxygen atoms in total. The summed E-state index contributed by atoms with van der Waals surface area (Å²) in [4.78, 5) is 15.9. The molecule has 8 heteroatoms. The average molecular weight is 625 g/mol. The van der Waals surface area contributed by atoms with Crippen molar-refractivity contribution in [1.82, 2.24) is 4.72 Å². The SMILES string of the molecule is C[C@H](O)CO[C@H]1/C=C\C[C@H](C)[C@@H](C)SNC(=O)c2ccc3c(c2)N(C[C@@H]2CC[C@H]21)C[C@@]1(CCCc2cc(Cl)ccc21)CO3. The minimum Gasteiger partial charge on any atom is -0.490 e. The number of carbonyl (C=O) groups is 1. The third-order valence-corrected chi connectivity index (χ3v) is 11.5. The summed E-state index contributed by atoms with van der Waals surface area (Å²) in [5, 5.41) is 11.1. The first-order valence-corrected chi connectivity index (χ1v) is 17.2. The van der Waals surface area contributed by atoms with Gasteiger partial charge in [0.2, 0.25) is 0 Å². The molecule has 0 radical (unpaired) electrons. The minimum atomic E-state index is -0.501. The lowest BCUT2D eigenvalue weighted by molar-refractivity contribution is -0.0437. The Morgan fingerprint density at radius 2 is 2.09 bits per heavy atom. The first-order valence-electron chi connectivity index (χ1n) is 16.0. The van der Waals surface area contributed by atoms with Crippen LogP contribution in [0.1, 0.15) is 74.4 Å². The van der Waals surface area contributed by atoms with Crippen LogP contribution in [0.2, 0.25) is 5.02 Å². The van der Waals surface area contributed by atoms with Gasteiger partial charge in [-0.05, 0) is 117 Å². The fraction of sp³-hybridized carbons (Fsp3) is 0.571. The maximum absolute atomic E-state index is 13.4. The van der Waals surface area contributed by atoms with Crippen molar-refractivity contribution in [1.29, 1.82) is 0 Å². The van der Waals surface area contributed by atoms with Gasteiger partial charge in [0.15, 0.2) is 0 Å². The molecule has 1 fully saturated rings. The van der Waals surface area contributed by atoms with Gasteiger partial charge in [-0.1, -0.05) is 43.7 Å². The maximum atomic E-state index is 13.4. The summed E-state index contributed by atoms with van der Waals surface area (Å²) in [6.07, 6.45) is 10.3. The van der Waals surface area contributed by atoms with Crippen LogP contribution in [0, 0.1) is 17.8 Å². The summed E-state index contributed by atoms with van der Waals surface area (Å²) in [7, 11) is 0. The number of aliphatic hydroxyl groups excluding tert-OH is 1. The predicted octanol–water partition coefficient (Wildman–Crippen LogP) is 6.97. The molecule has 0 aromatic heterocycles. The molecule has 1 saturated carbocycles. The Bertz CT molecular complexity index is 1350. The molecule has 0 saturated heterocycles. The van der Waals surface area contributed by atoms with Gasteiger partial charge in [-0.25, -0.2) is 0 Å². The summed E-state index contributed by atoms with van der Waals surface area (Å²) < 4.78 is 16.1. The number of aliphatic hydroxyl groups is 1. The van der Waals surface area contributed by atoms with Crippen LogP contribution >= 0.6 is 23.5 Å². The number of aryl methyl sites for hydroxylation is 1. The summed E-state index contributed by atoms with van der Waals surface area (Å²) >= 11 is 7.93. The molecule has 2 aromatic rings. The van der Waals surface area contributed by atoms with Gasteiger partial charge in [0.25, 0.3) is 5.91 Å². The zero-order valence-corrected chi connectivity index (χ0v) is 27.1. The standard InChI is InChI=1S/C35H45ClN2O4S/c1-22-6-4-8-32(41-19-23(2)39)29-12-9-27(29)18-38-20-35(15-5-7-25-16-28(36)11-13-30(25)35)21-42-33-14-10-26(17-31(33)38)34(40)37-43-24(22)3/h4,8,10-11,13-14,16-17,22-24,27,29,32,39H,5-7,9,12,15,18-21H2,1-3H3,(H,37,40)/b8-4-/t22-,23-,24+,27-,29+,32-,35-/m0/s1. The van der Waals surface area contributed by atoms with Crippen molar-refractivity contribution in [3.63, 3.8) is 0 Å². The Labute approximate surface area is 265 Å². The van der Waals surface area contributed by atoms with Gasteiger partial charge in [0, 0.05) is 34.3 Å². The number of allylic oxidation sites excluding steroid dienone is 1. The van der Waals surface area contributed by atoms with Crippen molar-refractivity contribution in [3.8, 4) is 5.75 Å². The van der Waals surface area contributed by atoms with Crippen LogP contribution in [-0.2, 0) is 16.6 Å². The van der Waals surface area contributed by atoms with E-state index in [1.165, 1.54) is 23.1 Å². The summed E-state index contributed by atoms with van der Waals surface area (Å²) in [6, 6.07) is 12.3. The van der Waals surface area contributed by atoms with E-state index in [1.54, 1.807) is 6.92 Å². The molecule has 0 unspecified atom stereocenters. The van der Waals surface area contributed by atoms with Gasteiger partial charge in [-0.2, -0.15) is 0 Å². The highest BCUT2D eigenvalue weighted by atomic mass is 35.5. The second kappa shape index (κ2) is 13.0. The van der Waals surface area contributed by atoms with Crippen molar-refractivity contribution < 1.29 is 19.4 Å². The van der Waals surface area contributed by atoms with Crippen molar-refractivity contribution in [2.75, 3.05) is 31.2 Å². The highest BCUT2D eigenvalue weighted by molar-refractivity contribution is 7.98. The number of fused-ring (bicyclic) bond motifs is 4. The molecule has 6 rings (SSSR count). The fourth-order valence-electron chi connectivity index (χ4n) is 7.31. The van der Waals surface area contributed by atoms with Crippen molar-refractivity contribution in [2.45, 2.75) is 82.2 Å². The van der Waals surface area contributed by atoms with E-state index in [-0.39, 0.29) is 22.7 Å². The van der Waals surface area contributed by atoms with Gasteiger partial charge in [-0.15, -0.1) is 0 Å². The number of amides is 1. The lowest BCUT2D eigenvalue weighted by Crippen LogP contribution is -2.49. The molecule has 2 aromatic carbocycles. The summed E-state index contributed by atoms with van der Waals surface area (Å²) in [5.74, 6) is 1.95. The summed E-state index contributed by atoms with van der Waals surface area (Å²) in [6.45, 7) is 8.78. The largest absolute Gasteiger partial charge is 0.490 e. The van der Waals surface area contributed by atoms with Crippen LogP contribution in [0.5, 0.6) is 5.75 Å². The van der Waals surface area contributed by atoms with E-state index in [2.05, 4.69) is 47.8 Å². The van der Waals surface area contributed by atoms with Gasteiger partial charge in [-0.3, -0.25) is 9.52 Å². The Morgan fingerprint density at radius 1 is 1.23 bits per heavy atom. The van der Waals surface area contributed by atoms with Crippen molar-refractivity contribution in [3.05, 3.63) is 70.3 Å². The van der Waals surface area contributed by atoms with Gasteiger partial charge in [0.1, 0.15) is 5.75 Å². The van der Waals surface area contributed by atoms with E-state index in [0.29, 0.717) is 36.5 Å². The van der Waals surface area contributed by atoms with Gasteiger partial charge < -0.3 is 19.5 Å². The molecule has 2 N–H and O–H groups in total. The molecule has 2 heterocycles. The number of rotatable bonds is 3. The topological polar surface area (TPSA) is 71.0 Å². The average Bonchev–Trinajstić information content (AvgIpc) is 3.12. The van der Waals surface area contributed by atoms with Crippen LogP contribution in [0.4, 0.5) is 5.69 Å². The number of ether oxygens (including phenoxy) is 2. The predicted molar refractivity (Wildman–Crippen MR) is 175 cm³/mol. The Morgan fingerprint density at radius 3 is 2.88 bits per heavy atom. The van der Waals surface area contributed by atoms with Crippen molar-refractivity contribution >= 4 is 35.1 Å². The monoisotopic (exact) mass is 624 g/mol. The Hall–Kier alpha value is -2.19. The maximum Gasteiger partial charge on any atom is 0.261 e. The van der Waals surface area contributed by atoms with Gasteiger partial charge >= 0.3 is 0 Å². The van der Waals surface area contributed by atoms with E-state index in [4.69, 9.17) is 21.1 Å². The molecule has 4 aliphatic rings. The Kier molecular flexibility index (Phi) is 9.35. The second-order valence-electron chi connectivity index (χ2n) is 13.3. The molecule has 2 aliphatic heterocycles. The minimum absolute atomic E-state index is 0.0309. The molecule has 43 heavy (non-hydrogen) atoms. The van der Waals surface area contributed by atoms with E-state index in [9.17, 15) is 9.90 Å². The smallest absolute Gasteiger partial charge is 0.261 e. The number of anilines is 1. The lowest BCUT2D eigenvalue weighted by atomic mass is 9.68. The van der Waals surface area contributed by atoms with Crippen LogP contribution < -0.4 is 14.4 Å². The fourth-order valence-corrected chi connectivity index (χ4v) is 8.25. The first kappa shape index (κ1) is 30.8. The van der Waals surface area contributed by atoms with E-state index < -0.39 is 6.10 Å². The number of halogens is 1. The molecular weight excluding hydrogens is 580 g/mol. The second-order valence-corrected chi connectivity index (χ2v) is 15.0. The number of carbonyl (C=O) groups excluding carboxylic acids is 1. The zero-order chi connectivity index (χ0) is 30.1. The lowest BCUT2D eigenvalue weighted by Gasteiger charge is -2.46. The van der Waals surface area contributed by atoms with E-state index in [1.807, 2.05) is 24.3 Å². The highest BCUT2D eigenvalue weighted by Crippen LogP contribution is 2.47. The third-order valence-electron chi connectivity index (χ3n) is 10.2. The van der Waals surface area contributed by atoms with E-state index >= 15 is 0 Å². The van der Waals surface area contributed by atoms with Crippen LogP contribution in [0.3, 0.4) is 0 Å². The molecule has 2 aliphatic carbocycles. The Balaban J connectivity index is 1.38. The molecule has 7 atom stereocenters. The summed E-state index contributed by atoms with van der Waals surface area (Å²) in [5.41, 5.74) is 4.14. The number of nitrogens with zero attached hydrogens (tertiary/aromatic N) is 1. The molecule has 1 spiro atoms. The number of nitrogens with one attached hydrogen (secondary N) is 1. The molecule has 2 bridgehead atoms. The normalized spacial score (nSPS) is 32.3. The number of hydrogen-bond acceptors (Lipinski definition) is 6. The molecular formula is C35H45ClN2O4S. The highest BCUT2D eigenvalue weighted by Gasteiger charge is 2.44. The van der Waals surface area contributed by atoms with Crippen LogP contribution in [0.15, 0.2) is 48.6 Å². The van der Waals surface area contributed by atoms with Crippen molar-refractivity contribution in [2.24, 2.45) is 17.8 Å². The number of benzene rings is 2. The van der Waals surface area contributed by atoms with Gasteiger partial charge in [0.05, 0.1) is 31.1 Å². The van der Waals surface area contributed by atoms with E-state index in [0.717, 1.165) is 68.1 Å². The number of hydrogen-bond donors (Lipinski definition) is 2. The third kappa shape index (κ3) is 6.61.